The molecule has 0 spiro atoms. The SMILES string of the molecule is CN(CC(C)(C)O)C(=O)c1cc([N+](=O)[O-])ccc1F. The Morgan fingerprint density at radius 1 is 1.53 bits per heavy atom. The van der Waals surface area contributed by atoms with Gasteiger partial charge in [-0.1, -0.05) is 0 Å². The van der Waals surface area contributed by atoms with Crippen LogP contribution in [0.4, 0.5) is 10.1 Å². The zero-order valence-corrected chi connectivity index (χ0v) is 10.9. The molecule has 0 saturated heterocycles. The van der Waals surface area contributed by atoms with Gasteiger partial charge in [0.15, 0.2) is 0 Å². The first-order chi connectivity index (χ1) is 8.61. The summed E-state index contributed by atoms with van der Waals surface area (Å²) in [6, 6.07) is 2.75. The van der Waals surface area contributed by atoms with Crippen LogP contribution < -0.4 is 0 Å². The monoisotopic (exact) mass is 270 g/mol. The minimum Gasteiger partial charge on any atom is -0.389 e. The average Bonchev–Trinajstić information content (AvgIpc) is 2.26. The first-order valence-corrected chi connectivity index (χ1v) is 5.53. The summed E-state index contributed by atoms with van der Waals surface area (Å²) in [7, 11) is 1.39. The van der Waals surface area contributed by atoms with Gasteiger partial charge in [0, 0.05) is 25.7 Å². The third-order valence-electron chi connectivity index (χ3n) is 2.36. The molecule has 0 atom stereocenters. The van der Waals surface area contributed by atoms with Crippen LogP contribution in [0.1, 0.15) is 24.2 Å². The second-order valence-electron chi connectivity index (χ2n) is 4.89. The van der Waals surface area contributed by atoms with Gasteiger partial charge in [0.2, 0.25) is 0 Å². The predicted octanol–water partition coefficient (Wildman–Crippen LogP) is 1.58. The molecule has 0 aliphatic heterocycles. The topological polar surface area (TPSA) is 83.7 Å². The Balaban J connectivity index is 3.05. The fourth-order valence-corrected chi connectivity index (χ4v) is 1.65. The summed E-state index contributed by atoms with van der Waals surface area (Å²) in [5.74, 6) is -1.55. The van der Waals surface area contributed by atoms with E-state index in [1.807, 2.05) is 0 Å². The van der Waals surface area contributed by atoms with Gasteiger partial charge in [-0.3, -0.25) is 14.9 Å². The van der Waals surface area contributed by atoms with E-state index in [9.17, 15) is 24.4 Å². The van der Waals surface area contributed by atoms with Crippen molar-refractivity contribution in [1.82, 2.24) is 4.90 Å². The highest BCUT2D eigenvalue weighted by atomic mass is 19.1. The molecule has 19 heavy (non-hydrogen) atoms. The number of carbonyl (C=O) groups excluding carboxylic acids is 1. The molecule has 0 heterocycles. The number of carbonyl (C=O) groups is 1. The van der Waals surface area contributed by atoms with Gasteiger partial charge in [-0.2, -0.15) is 0 Å². The van der Waals surface area contributed by atoms with Crippen LogP contribution in [0.3, 0.4) is 0 Å². The Labute approximate surface area is 109 Å². The molecule has 0 fully saturated rings. The van der Waals surface area contributed by atoms with Crippen LogP contribution in [0.2, 0.25) is 0 Å². The number of hydrogen-bond acceptors (Lipinski definition) is 4. The van der Waals surface area contributed by atoms with Crippen LogP contribution in [0.5, 0.6) is 0 Å². The molecule has 1 amide bonds. The number of likely N-dealkylation sites (N-methyl/N-ethyl adjacent to an activating group) is 1. The molecule has 0 bridgehead atoms. The van der Waals surface area contributed by atoms with Gasteiger partial charge in [-0.05, 0) is 19.9 Å². The smallest absolute Gasteiger partial charge is 0.270 e. The first-order valence-electron chi connectivity index (χ1n) is 5.53. The van der Waals surface area contributed by atoms with E-state index in [4.69, 9.17) is 0 Å². The number of non-ortho nitro benzene ring substituents is 1. The fraction of sp³-hybridized carbons (Fsp3) is 0.417. The van der Waals surface area contributed by atoms with Crippen molar-refractivity contribution in [3.8, 4) is 0 Å². The zero-order valence-electron chi connectivity index (χ0n) is 10.9. The summed E-state index contributed by atoms with van der Waals surface area (Å²) in [4.78, 5) is 23.0. The summed E-state index contributed by atoms with van der Waals surface area (Å²) in [5, 5.41) is 20.2. The number of halogens is 1. The summed E-state index contributed by atoms with van der Waals surface area (Å²) >= 11 is 0. The lowest BCUT2D eigenvalue weighted by Crippen LogP contribution is -2.40. The van der Waals surface area contributed by atoms with Gasteiger partial charge in [-0.15, -0.1) is 0 Å². The van der Waals surface area contributed by atoms with Crippen molar-refractivity contribution in [3.63, 3.8) is 0 Å². The van der Waals surface area contributed by atoms with Crippen molar-refractivity contribution in [3.05, 3.63) is 39.7 Å². The normalized spacial score (nSPS) is 11.2. The Kier molecular flexibility index (Phi) is 4.21. The maximum absolute atomic E-state index is 13.5. The molecule has 1 aromatic rings. The summed E-state index contributed by atoms with van der Waals surface area (Å²) < 4.78 is 13.5. The summed E-state index contributed by atoms with van der Waals surface area (Å²) in [6.45, 7) is 2.98. The highest BCUT2D eigenvalue weighted by molar-refractivity contribution is 5.95. The number of nitrogens with zero attached hydrogens (tertiary/aromatic N) is 2. The summed E-state index contributed by atoms with van der Waals surface area (Å²) in [6.07, 6.45) is 0. The van der Waals surface area contributed by atoms with Gasteiger partial charge in [0.25, 0.3) is 11.6 Å². The van der Waals surface area contributed by atoms with Crippen molar-refractivity contribution in [2.75, 3.05) is 13.6 Å². The Morgan fingerprint density at radius 2 is 2.11 bits per heavy atom. The molecular formula is C12H15FN2O4. The number of rotatable bonds is 4. The average molecular weight is 270 g/mol. The van der Waals surface area contributed by atoms with Crippen LogP contribution in [0, 0.1) is 15.9 Å². The Bertz CT molecular complexity index is 511. The van der Waals surface area contributed by atoms with Crippen LogP contribution >= 0.6 is 0 Å². The predicted molar refractivity (Wildman–Crippen MR) is 66.3 cm³/mol. The molecule has 0 saturated carbocycles. The highest BCUT2D eigenvalue weighted by Crippen LogP contribution is 2.18. The molecule has 0 aliphatic carbocycles. The van der Waals surface area contributed by atoms with E-state index < -0.39 is 22.2 Å². The molecule has 6 nitrogen and oxygen atoms in total. The van der Waals surface area contributed by atoms with E-state index in [0.29, 0.717) is 0 Å². The van der Waals surface area contributed by atoms with E-state index in [2.05, 4.69) is 0 Å². The molecule has 0 radical (unpaired) electrons. The Hall–Kier alpha value is -2.02. The molecule has 1 N–H and O–H groups in total. The van der Waals surface area contributed by atoms with Crippen LogP contribution in [0.15, 0.2) is 18.2 Å². The van der Waals surface area contributed by atoms with Crippen LogP contribution in [-0.4, -0.2) is 40.0 Å². The van der Waals surface area contributed by atoms with Crippen molar-refractivity contribution in [2.24, 2.45) is 0 Å². The van der Waals surface area contributed by atoms with Gasteiger partial charge >= 0.3 is 0 Å². The van der Waals surface area contributed by atoms with Crippen molar-refractivity contribution in [2.45, 2.75) is 19.4 Å². The van der Waals surface area contributed by atoms with Gasteiger partial charge in [0.1, 0.15) is 5.82 Å². The standard InChI is InChI=1S/C12H15FN2O4/c1-12(2,17)7-14(3)11(16)9-6-8(15(18)19)4-5-10(9)13/h4-6,17H,7H2,1-3H3. The maximum Gasteiger partial charge on any atom is 0.270 e. The lowest BCUT2D eigenvalue weighted by molar-refractivity contribution is -0.384. The summed E-state index contributed by atoms with van der Waals surface area (Å²) in [5.41, 5.74) is -1.89. The molecule has 1 aromatic carbocycles. The van der Waals surface area contributed by atoms with Crippen LogP contribution in [-0.2, 0) is 0 Å². The zero-order chi connectivity index (χ0) is 14.8. The van der Waals surface area contributed by atoms with Crippen molar-refractivity contribution < 1.29 is 19.2 Å². The van der Waals surface area contributed by atoms with E-state index in [1.165, 1.54) is 20.9 Å². The largest absolute Gasteiger partial charge is 0.389 e. The first kappa shape index (κ1) is 15.0. The molecule has 0 aliphatic rings. The second-order valence-corrected chi connectivity index (χ2v) is 4.89. The van der Waals surface area contributed by atoms with Gasteiger partial charge in [0.05, 0.1) is 16.1 Å². The van der Waals surface area contributed by atoms with Gasteiger partial charge < -0.3 is 10.0 Å². The van der Waals surface area contributed by atoms with Crippen molar-refractivity contribution in [1.29, 1.82) is 0 Å². The van der Waals surface area contributed by atoms with E-state index in [0.717, 1.165) is 23.1 Å². The highest BCUT2D eigenvalue weighted by Gasteiger charge is 2.24. The fourth-order valence-electron chi connectivity index (χ4n) is 1.65. The number of hydrogen-bond donors (Lipinski definition) is 1. The molecule has 0 unspecified atom stereocenters. The molecule has 104 valence electrons. The Morgan fingerprint density at radius 3 is 2.58 bits per heavy atom. The molecule has 7 heteroatoms. The van der Waals surface area contributed by atoms with E-state index in [1.54, 1.807) is 0 Å². The van der Waals surface area contributed by atoms with E-state index >= 15 is 0 Å². The molecule has 1 rings (SSSR count). The molecular weight excluding hydrogens is 255 g/mol. The number of nitro groups is 1. The third kappa shape index (κ3) is 3.99. The number of amides is 1. The number of nitro benzene ring substituents is 1. The van der Waals surface area contributed by atoms with E-state index in [-0.39, 0.29) is 17.8 Å². The van der Waals surface area contributed by atoms with Crippen molar-refractivity contribution >= 4 is 11.6 Å². The van der Waals surface area contributed by atoms with Gasteiger partial charge in [-0.25, -0.2) is 4.39 Å². The third-order valence-corrected chi connectivity index (χ3v) is 2.36. The molecule has 0 aromatic heterocycles. The maximum atomic E-state index is 13.5. The second kappa shape index (κ2) is 5.31. The minimum atomic E-state index is -1.14. The minimum absolute atomic E-state index is 0.0199. The van der Waals surface area contributed by atoms with Crippen LogP contribution in [0.25, 0.3) is 0 Å². The number of aliphatic hydroxyl groups is 1. The lowest BCUT2D eigenvalue weighted by atomic mass is 10.1. The lowest BCUT2D eigenvalue weighted by Gasteiger charge is -2.25. The number of benzene rings is 1. The quantitative estimate of drug-likeness (QED) is 0.665.